The SMILES string of the molecule is CC(C)C(Nc1ncc(C(F)(F)F)c(N)n1)C(C)(S)S. The van der Waals surface area contributed by atoms with E-state index in [1.54, 1.807) is 6.92 Å². The van der Waals surface area contributed by atoms with Crippen LogP contribution in [-0.2, 0) is 6.18 Å². The lowest BCUT2D eigenvalue weighted by Crippen LogP contribution is -2.40. The number of nitrogen functional groups attached to an aromatic ring is 1. The minimum atomic E-state index is -4.57. The van der Waals surface area contributed by atoms with Crippen molar-refractivity contribution in [1.82, 2.24) is 9.97 Å². The lowest BCUT2D eigenvalue weighted by molar-refractivity contribution is -0.137. The molecule has 0 spiro atoms. The van der Waals surface area contributed by atoms with Crippen LogP contribution in [0.3, 0.4) is 0 Å². The molecule has 1 aromatic heterocycles. The molecule has 20 heavy (non-hydrogen) atoms. The van der Waals surface area contributed by atoms with Gasteiger partial charge in [0.05, 0.1) is 10.1 Å². The largest absolute Gasteiger partial charge is 0.421 e. The van der Waals surface area contributed by atoms with Gasteiger partial charge in [0.2, 0.25) is 5.95 Å². The van der Waals surface area contributed by atoms with Crippen LogP contribution in [0.15, 0.2) is 6.20 Å². The van der Waals surface area contributed by atoms with Crippen molar-refractivity contribution in [3.05, 3.63) is 11.8 Å². The zero-order valence-corrected chi connectivity index (χ0v) is 13.0. The third-order valence-electron chi connectivity index (χ3n) is 2.66. The Morgan fingerprint density at radius 3 is 2.20 bits per heavy atom. The summed E-state index contributed by atoms with van der Waals surface area (Å²) in [5, 5.41) is 2.92. The van der Waals surface area contributed by atoms with Gasteiger partial charge in [0, 0.05) is 6.20 Å². The smallest absolute Gasteiger partial charge is 0.383 e. The van der Waals surface area contributed by atoms with Gasteiger partial charge in [-0.15, -0.1) is 0 Å². The molecule has 1 aromatic rings. The van der Waals surface area contributed by atoms with Gasteiger partial charge in [-0.05, 0) is 12.8 Å². The molecule has 114 valence electrons. The van der Waals surface area contributed by atoms with E-state index in [2.05, 4.69) is 40.5 Å². The Kier molecular flexibility index (Phi) is 5.07. The molecule has 0 saturated heterocycles. The second-order valence-electron chi connectivity index (χ2n) is 4.95. The van der Waals surface area contributed by atoms with Crippen molar-refractivity contribution in [2.45, 2.75) is 37.1 Å². The number of hydrogen-bond acceptors (Lipinski definition) is 6. The number of nitrogens with zero attached hydrogens (tertiary/aromatic N) is 2. The first-order valence-electron chi connectivity index (χ1n) is 5.84. The van der Waals surface area contributed by atoms with Crippen LogP contribution in [0.2, 0.25) is 0 Å². The normalized spacial score (nSPS) is 14.4. The number of hydrogen-bond donors (Lipinski definition) is 4. The number of anilines is 2. The van der Waals surface area contributed by atoms with Crippen LogP contribution in [0, 0.1) is 5.92 Å². The maximum atomic E-state index is 12.6. The highest BCUT2D eigenvalue weighted by atomic mass is 32.2. The van der Waals surface area contributed by atoms with E-state index in [0.29, 0.717) is 6.20 Å². The van der Waals surface area contributed by atoms with Crippen LogP contribution < -0.4 is 11.1 Å². The van der Waals surface area contributed by atoms with E-state index in [1.165, 1.54) is 0 Å². The van der Waals surface area contributed by atoms with Crippen LogP contribution >= 0.6 is 25.3 Å². The van der Waals surface area contributed by atoms with Crippen molar-refractivity contribution < 1.29 is 13.2 Å². The quantitative estimate of drug-likeness (QED) is 0.507. The zero-order valence-electron chi connectivity index (χ0n) is 11.2. The molecule has 0 aliphatic carbocycles. The van der Waals surface area contributed by atoms with Gasteiger partial charge >= 0.3 is 6.18 Å². The second kappa shape index (κ2) is 5.88. The van der Waals surface area contributed by atoms with Crippen molar-refractivity contribution >= 4 is 37.0 Å². The highest BCUT2D eigenvalue weighted by molar-refractivity contribution is 8.00. The lowest BCUT2D eigenvalue weighted by Gasteiger charge is -2.33. The maximum Gasteiger partial charge on any atom is 0.421 e. The van der Waals surface area contributed by atoms with Gasteiger partial charge in [-0.2, -0.15) is 43.4 Å². The molecule has 0 fully saturated rings. The minimum absolute atomic E-state index is 0.0172. The highest BCUT2D eigenvalue weighted by Gasteiger charge is 2.35. The molecule has 1 rings (SSSR count). The van der Waals surface area contributed by atoms with Crippen molar-refractivity contribution in [2.24, 2.45) is 5.92 Å². The highest BCUT2D eigenvalue weighted by Crippen LogP contribution is 2.33. The summed E-state index contributed by atoms with van der Waals surface area (Å²) in [6.07, 6.45) is -3.90. The molecule has 0 bridgehead atoms. The summed E-state index contributed by atoms with van der Waals surface area (Å²) in [5.74, 6) is -0.483. The number of nitrogens with two attached hydrogens (primary N) is 1. The van der Waals surface area contributed by atoms with Crippen LogP contribution in [0.5, 0.6) is 0 Å². The minimum Gasteiger partial charge on any atom is -0.383 e. The second-order valence-corrected chi connectivity index (χ2v) is 7.16. The van der Waals surface area contributed by atoms with Gasteiger partial charge in [-0.1, -0.05) is 13.8 Å². The topological polar surface area (TPSA) is 63.8 Å². The molecule has 1 heterocycles. The van der Waals surface area contributed by atoms with Gasteiger partial charge in [0.15, 0.2) is 0 Å². The van der Waals surface area contributed by atoms with Gasteiger partial charge in [-0.25, -0.2) is 4.98 Å². The van der Waals surface area contributed by atoms with E-state index < -0.39 is 21.6 Å². The van der Waals surface area contributed by atoms with Gasteiger partial charge in [0.1, 0.15) is 11.4 Å². The van der Waals surface area contributed by atoms with E-state index in [9.17, 15) is 13.2 Å². The Balaban J connectivity index is 3.02. The summed E-state index contributed by atoms with van der Waals surface area (Å²) in [5.41, 5.74) is 4.27. The summed E-state index contributed by atoms with van der Waals surface area (Å²) >= 11 is 8.69. The molecule has 3 N–H and O–H groups in total. The number of nitrogens with one attached hydrogen (secondary N) is 1. The number of aromatic nitrogens is 2. The Hall–Kier alpha value is -0.830. The number of halogens is 3. The molecule has 0 saturated carbocycles. The van der Waals surface area contributed by atoms with Gasteiger partial charge in [0.25, 0.3) is 0 Å². The first-order valence-corrected chi connectivity index (χ1v) is 6.73. The van der Waals surface area contributed by atoms with Crippen LogP contribution in [0.25, 0.3) is 0 Å². The molecule has 9 heteroatoms. The third-order valence-corrected chi connectivity index (χ3v) is 3.22. The predicted molar refractivity (Wildman–Crippen MR) is 80.1 cm³/mol. The summed E-state index contributed by atoms with van der Waals surface area (Å²) < 4.78 is 37.0. The van der Waals surface area contributed by atoms with Gasteiger partial charge in [-0.3, -0.25) is 0 Å². The van der Waals surface area contributed by atoms with E-state index in [1.807, 2.05) is 13.8 Å². The molecule has 4 nitrogen and oxygen atoms in total. The summed E-state index contributed by atoms with van der Waals surface area (Å²) in [6.45, 7) is 5.62. The van der Waals surface area contributed by atoms with E-state index in [0.717, 1.165) is 0 Å². The monoisotopic (exact) mass is 326 g/mol. The summed E-state index contributed by atoms with van der Waals surface area (Å²) in [6, 6.07) is -0.259. The standard InChI is InChI=1S/C11H17F3N4S2/c1-5(2)7(10(3,19)20)17-9-16-4-6(8(15)18-9)11(12,13)14/h4-5,7,19-20H,1-3H3,(H3,15,16,17,18). The summed E-state index contributed by atoms with van der Waals surface area (Å²) in [7, 11) is 0. The Morgan fingerprint density at radius 2 is 1.85 bits per heavy atom. The van der Waals surface area contributed by atoms with Crippen LogP contribution in [0.1, 0.15) is 26.3 Å². The van der Waals surface area contributed by atoms with Gasteiger partial charge < -0.3 is 11.1 Å². The van der Waals surface area contributed by atoms with Crippen molar-refractivity contribution in [1.29, 1.82) is 0 Å². The molecule has 0 aliphatic rings. The van der Waals surface area contributed by atoms with Crippen molar-refractivity contribution in [3.8, 4) is 0 Å². The van der Waals surface area contributed by atoms with E-state index in [-0.39, 0.29) is 17.9 Å². The Bertz CT molecular complexity index is 472. The molecule has 1 unspecified atom stereocenters. The molecule has 1 atom stereocenters. The van der Waals surface area contributed by atoms with Crippen molar-refractivity contribution in [3.63, 3.8) is 0 Å². The lowest BCUT2D eigenvalue weighted by atomic mass is 10.0. The fourth-order valence-electron chi connectivity index (χ4n) is 1.76. The molecule has 0 amide bonds. The van der Waals surface area contributed by atoms with Crippen LogP contribution in [-0.4, -0.2) is 20.1 Å². The third kappa shape index (κ3) is 4.34. The summed E-state index contributed by atoms with van der Waals surface area (Å²) in [4.78, 5) is 7.29. The van der Waals surface area contributed by atoms with Crippen molar-refractivity contribution in [2.75, 3.05) is 11.1 Å². The predicted octanol–water partition coefficient (Wildman–Crippen LogP) is 3.09. The first-order chi connectivity index (χ1) is 8.93. The number of alkyl halides is 3. The fourth-order valence-corrected chi connectivity index (χ4v) is 2.48. The molecular weight excluding hydrogens is 309 g/mol. The average Bonchev–Trinajstić information content (AvgIpc) is 2.22. The molecule has 0 aliphatic heterocycles. The number of rotatable bonds is 4. The number of thiol groups is 2. The fraction of sp³-hybridized carbons (Fsp3) is 0.636. The first kappa shape index (κ1) is 17.2. The maximum absolute atomic E-state index is 12.6. The molecule has 0 aromatic carbocycles. The van der Waals surface area contributed by atoms with E-state index >= 15 is 0 Å². The average molecular weight is 326 g/mol. The molecule has 0 radical (unpaired) electrons. The van der Waals surface area contributed by atoms with E-state index in [4.69, 9.17) is 5.73 Å². The molecular formula is C11H17F3N4S2. The van der Waals surface area contributed by atoms with Crippen LogP contribution in [0.4, 0.5) is 24.9 Å². The Morgan fingerprint density at radius 1 is 1.30 bits per heavy atom. The zero-order chi connectivity index (χ0) is 15.7. The Labute approximate surface area is 126 Å².